The molecule has 94 valence electrons. The van der Waals surface area contributed by atoms with Crippen molar-refractivity contribution in [1.82, 2.24) is 4.98 Å². The third kappa shape index (κ3) is 1.14. The van der Waals surface area contributed by atoms with E-state index in [0.717, 1.165) is 5.02 Å². The minimum atomic E-state index is 0.784. The minimum absolute atomic E-state index is 0.784. The molecule has 1 aromatic heterocycles. The first-order chi connectivity index (χ1) is 9.83. The van der Waals surface area contributed by atoms with Crippen LogP contribution < -0.4 is 0 Å². The molecule has 1 N–H and O–H groups in total. The Morgan fingerprint density at radius 3 is 2.00 bits per heavy atom. The van der Waals surface area contributed by atoms with Crippen LogP contribution in [-0.2, 0) is 0 Å². The molecular weight excluding hydrogens is 266 g/mol. The molecule has 0 spiro atoms. The van der Waals surface area contributed by atoms with Crippen LogP contribution in [0, 0.1) is 0 Å². The third-order valence-electron chi connectivity index (χ3n) is 4.21. The number of H-pyrrole nitrogens is 1. The van der Waals surface area contributed by atoms with E-state index in [1.807, 2.05) is 6.07 Å². The van der Waals surface area contributed by atoms with Gasteiger partial charge in [0.1, 0.15) is 0 Å². The number of aromatic amines is 1. The van der Waals surface area contributed by atoms with Crippen molar-refractivity contribution in [2.45, 2.75) is 0 Å². The molecule has 0 aliphatic carbocycles. The van der Waals surface area contributed by atoms with Crippen LogP contribution in [0.25, 0.3) is 43.4 Å². The fourth-order valence-corrected chi connectivity index (χ4v) is 3.59. The van der Waals surface area contributed by atoms with Gasteiger partial charge in [-0.25, -0.2) is 0 Å². The van der Waals surface area contributed by atoms with Crippen molar-refractivity contribution in [3.05, 3.63) is 59.6 Å². The van der Waals surface area contributed by atoms with Crippen LogP contribution in [0.15, 0.2) is 54.6 Å². The van der Waals surface area contributed by atoms with E-state index in [4.69, 9.17) is 11.6 Å². The standard InChI is InChI=1S/C18H10ClN/c19-10-7-8-11-12-3-1-5-15-17(12)18-13(14(11)9-10)4-2-6-16(18)20-15/h1-9,20H. The van der Waals surface area contributed by atoms with Gasteiger partial charge in [0.05, 0.1) is 0 Å². The Bertz CT molecular complexity index is 1100. The molecule has 5 rings (SSSR count). The average Bonchev–Trinajstić information content (AvgIpc) is 2.85. The second-order valence-electron chi connectivity index (χ2n) is 5.27. The lowest BCUT2D eigenvalue weighted by atomic mass is 9.94. The van der Waals surface area contributed by atoms with E-state index in [1.54, 1.807) is 0 Å². The fourth-order valence-electron chi connectivity index (χ4n) is 3.42. The molecule has 20 heavy (non-hydrogen) atoms. The first-order valence-corrected chi connectivity index (χ1v) is 7.04. The smallest absolute Gasteiger partial charge is 0.0471 e. The lowest BCUT2D eigenvalue weighted by Crippen LogP contribution is -1.81. The molecule has 5 aromatic rings. The Kier molecular flexibility index (Phi) is 1.81. The minimum Gasteiger partial charge on any atom is -0.354 e. The summed E-state index contributed by atoms with van der Waals surface area (Å²) in [5, 5.41) is 8.47. The highest BCUT2D eigenvalue weighted by Crippen LogP contribution is 2.41. The highest BCUT2D eigenvalue weighted by atomic mass is 35.5. The number of aromatic nitrogens is 1. The molecule has 2 heteroatoms. The van der Waals surface area contributed by atoms with Crippen LogP contribution in [0.5, 0.6) is 0 Å². The lowest BCUT2D eigenvalue weighted by Gasteiger charge is -2.08. The summed E-state index contributed by atoms with van der Waals surface area (Å²) in [4.78, 5) is 3.52. The van der Waals surface area contributed by atoms with E-state index < -0.39 is 0 Å². The summed E-state index contributed by atoms with van der Waals surface area (Å²) in [6.45, 7) is 0. The van der Waals surface area contributed by atoms with Gasteiger partial charge in [0.25, 0.3) is 0 Å². The topological polar surface area (TPSA) is 15.8 Å². The number of rotatable bonds is 0. The van der Waals surface area contributed by atoms with Crippen molar-refractivity contribution < 1.29 is 0 Å². The molecule has 0 atom stereocenters. The van der Waals surface area contributed by atoms with Crippen molar-refractivity contribution >= 4 is 55.0 Å². The molecule has 4 aromatic carbocycles. The highest BCUT2D eigenvalue weighted by Gasteiger charge is 2.14. The monoisotopic (exact) mass is 275 g/mol. The molecule has 0 aliphatic heterocycles. The van der Waals surface area contributed by atoms with Crippen LogP contribution in [0.1, 0.15) is 0 Å². The van der Waals surface area contributed by atoms with Crippen LogP contribution in [0.4, 0.5) is 0 Å². The van der Waals surface area contributed by atoms with Gasteiger partial charge in [-0.15, -0.1) is 0 Å². The molecule has 0 amide bonds. The molecular formula is C18H10ClN. The molecule has 1 nitrogen and oxygen atoms in total. The van der Waals surface area contributed by atoms with E-state index in [9.17, 15) is 0 Å². The summed E-state index contributed by atoms with van der Waals surface area (Å²) in [5.74, 6) is 0. The van der Waals surface area contributed by atoms with Crippen LogP contribution >= 0.6 is 11.6 Å². The normalized spacial score (nSPS) is 12.2. The van der Waals surface area contributed by atoms with Crippen molar-refractivity contribution in [2.75, 3.05) is 0 Å². The lowest BCUT2D eigenvalue weighted by molar-refractivity contribution is 1.55. The van der Waals surface area contributed by atoms with Gasteiger partial charge in [0, 0.05) is 26.8 Å². The van der Waals surface area contributed by atoms with Gasteiger partial charge in [0.2, 0.25) is 0 Å². The summed E-state index contributed by atoms with van der Waals surface area (Å²) in [6, 6.07) is 19.0. The first kappa shape index (κ1) is 10.5. The maximum atomic E-state index is 6.21. The predicted molar refractivity (Wildman–Crippen MR) is 87.0 cm³/mol. The van der Waals surface area contributed by atoms with Crippen molar-refractivity contribution in [2.24, 2.45) is 0 Å². The summed E-state index contributed by atoms with van der Waals surface area (Å²) in [6.07, 6.45) is 0. The second kappa shape index (κ2) is 3.44. The number of benzene rings is 4. The van der Waals surface area contributed by atoms with Crippen molar-refractivity contribution in [3.63, 3.8) is 0 Å². The zero-order valence-electron chi connectivity index (χ0n) is 10.6. The Morgan fingerprint density at radius 1 is 0.650 bits per heavy atom. The SMILES string of the molecule is Clc1ccc2c(c1)c1cccc3[nH]c4cccc2c4c31. The van der Waals surface area contributed by atoms with E-state index in [-0.39, 0.29) is 0 Å². The van der Waals surface area contributed by atoms with Gasteiger partial charge >= 0.3 is 0 Å². The van der Waals surface area contributed by atoms with Crippen LogP contribution in [0.3, 0.4) is 0 Å². The Labute approximate surface area is 120 Å². The van der Waals surface area contributed by atoms with Gasteiger partial charge in [-0.1, -0.05) is 41.9 Å². The Hall–Kier alpha value is -2.25. The van der Waals surface area contributed by atoms with E-state index in [0.29, 0.717) is 0 Å². The first-order valence-electron chi connectivity index (χ1n) is 6.67. The summed E-state index contributed by atoms with van der Waals surface area (Å²) in [5.41, 5.74) is 2.39. The maximum absolute atomic E-state index is 6.21. The number of fused-ring (bicyclic) bond motifs is 3. The number of nitrogens with one attached hydrogen (secondary N) is 1. The van der Waals surface area contributed by atoms with Crippen LogP contribution in [-0.4, -0.2) is 4.98 Å². The predicted octanol–water partition coefficient (Wildman–Crippen LogP) is 5.72. The number of hydrogen-bond donors (Lipinski definition) is 1. The third-order valence-corrected chi connectivity index (χ3v) is 4.45. The second-order valence-corrected chi connectivity index (χ2v) is 5.71. The molecule has 0 saturated heterocycles. The van der Waals surface area contributed by atoms with Crippen molar-refractivity contribution in [3.8, 4) is 0 Å². The maximum Gasteiger partial charge on any atom is 0.0471 e. The highest BCUT2D eigenvalue weighted by molar-refractivity contribution is 6.36. The van der Waals surface area contributed by atoms with E-state index in [2.05, 4.69) is 53.5 Å². The Balaban J connectivity index is 2.30. The molecule has 1 heterocycles. The molecule has 0 bridgehead atoms. The van der Waals surface area contributed by atoms with E-state index >= 15 is 0 Å². The zero-order valence-corrected chi connectivity index (χ0v) is 11.3. The van der Waals surface area contributed by atoms with Gasteiger partial charge in [0.15, 0.2) is 0 Å². The van der Waals surface area contributed by atoms with Gasteiger partial charge in [-0.2, -0.15) is 0 Å². The summed E-state index contributed by atoms with van der Waals surface area (Å²) in [7, 11) is 0. The van der Waals surface area contributed by atoms with Gasteiger partial charge in [-0.05, 0) is 45.8 Å². The number of hydrogen-bond acceptors (Lipinski definition) is 0. The molecule has 0 unspecified atom stereocenters. The van der Waals surface area contributed by atoms with Crippen molar-refractivity contribution in [1.29, 1.82) is 0 Å². The number of halogens is 1. The molecule has 0 saturated carbocycles. The summed E-state index contributed by atoms with van der Waals surface area (Å²) < 4.78 is 0. The zero-order chi connectivity index (χ0) is 13.3. The quantitative estimate of drug-likeness (QED) is 0.348. The van der Waals surface area contributed by atoms with Gasteiger partial charge in [-0.3, -0.25) is 0 Å². The molecule has 0 fully saturated rings. The fraction of sp³-hybridized carbons (Fsp3) is 0. The average molecular weight is 276 g/mol. The molecule has 0 radical (unpaired) electrons. The van der Waals surface area contributed by atoms with Gasteiger partial charge < -0.3 is 4.98 Å². The van der Waals surface area contributed by atoms with Crippen LogP contribution in [0.2, 0.25) is 5.02 Å². The molecule has 0 aliphatic rings. The summed E-state index contributed by atoms with van der Waals surface area (Å²) >= 11 is 6.21. The van der Waals surface area contributed by atoms with E-state index in [1.165, 1.54) is 43.4 Å². The Morgan fingerprint density at radius 2 is 1.30 bits per heavy atom. The largest absolute Gasteiger partial charge is 0.354 e.